The Morgan fingerprint density at radius 1 is 0.909 bits per heavy atom. The Hall–Kier alpha value is -2.69. The molecule has 0 bridgehead atoms. The minimum atomic E-state index is -0.285. The molecule has 0 aliphatic heterocycles. The Morgan fingerprint density at radius 2 is 1.55 bits per heavy atom. The molecule has 0 fully saturated rings. The molecule has 0 spiro atoms. The van der Waals surface area contributed by atoms with E-state index in [1.54, 1.807) is 26.4 Å². The second-order valence-electron chi connectivity index (χ2n) is 4.86. The molecule has 5 heteroatoms. The van der Waals surface area contributed by atoms with Crippen LogP contribution in [0.5, 0.6) is 11.5 Å². The number of aryl methyl sites for hydroxylation is 1. The second-order valence-corrected chi connectivity index (χ2v) is 4.86. The Labute approximate surface area is 127 Å². The zero-order valence-corrected chi connectivity index (χ0v) is 12.6. The Bertz CT molecular complexity index is 832. The monoisotopic (exact) mass is 298 g/mol. The number of aromatic nitrogens is 2. The number of hydrogen-bond acceptors (Lipinski definition) is 4. The average Bonchev–Trinajstić information content (AvgIpc) is 2.54. The Balaban J connectivity index is 2.21. The zero-order chi connectivity index (χ0) is 15.7. The van der Waals surface area contributed by atoms with Crippen LogP contribution in [-0.2, 0) is 0 Å². The average molecular weight is 298 g/mol. The summed E-state index contributed by atoms with van der Waals surface area (Å²) in [5, 5.41) is 0.892. The summed E-state index contributed by atoms with van der Waals surface area (Å²) < 4.78 is 23.7. The summed E-state index contributed by atoms with van der Waals surface area (Å²) in [6, 6.07) is 9.79. The van der Waals surface area contributed by atoms with Gasteiger partial charge in [0, 0.05) is 22.7 Å². The van der Waals surface area contributed by atoms with Crippen LogP contribution in [0, 0.1) is 12.7 Å². The van der Waals surface area contributed by atoms with E-state index in [1.807, 2.05) is 19.1 Å². The second kappa shape index (κ2) is 5.60. The summed E-state index contributed by atoms with van der Waals surface area (Å²) >= 11 is 0. The van der Waals surface area contributed by atoms with E-state index in [9.17, 15) is 4.39 Å². The van der Waals surface area contributed by atoms with E-state index in [1.165, 1.54) is 12.1 Å². The summed E-state index contributed by atoms with van der Waals surface area (Å²) in [6.07, 6.45) is 0. The summed E-state index contributed by atoms with van der Waals surface area (Å²) in [4.78, 5) is 9.05. The molecule has 0 N–H and O–H groups in total. The topological polar surface area (TPSA) is 44.2 Å². The van der Waals surface area contributed by atoms with Gasteiger partial charge < -0.3 is 9.47 Å². The molecule has 1 aromatic heterocycles. The molecule has 0 saturated carbocycles. The fourth-order valence-electron chi connectivity index (χ4n) is 2.34. The molecule has 3 rings (SSSR count). The molecule has 3 aromatic rings. The van der Waals surface area contributed by atoms with Crippen LogP contribution in [0.1, 0.15) is 5.69 Å². The lowest BCUT2D eigenvalue weighted by Crippen LogP contribution is -1.97. The molecule has 0 atom stereocenters. The molecule has 4 nitrogen and oxygen atoms in total. The first-order chi connectivity index (χ1) is 10.6. The molecule has 1 heterocycles. The lowest BCUT2D eigenvalue weighted by Gasteiger charge is -2.11. The summed E-state index contributed by atoms with van der Waals surface area (Å²) in [7, 11) is 3.17. The normalized spacial score (nSPS) is 10.7. The number of rotatable bonds is 3. The van der Waals surface area contributed by atoms with E-state index >= 15 is 0 Å². The minimum Gasteiger partial charge on any atom is -0.493 e. The molecule has 0 unspecified atom stereocenters. The largest absolute Gasteiger partial charge is 0.493 e. The van der Waals surface area contributed by atoms with Gasteiger partial charge in [0.1, 0.15) is 5.82 Å². The van der Waals surface area contributed by atoms with Crippen molar-refractivity contribution in [2.75, 3.05) is 14.2 Å². The zero-order valence-electron chi connectivity index (χ0n) is 12.6. The predicted molar refractivity (Wildman–Crippen MR) is 82.8 cm³/mol. The molecule has 112 valence electrons. The number of ether oxygens (including phenoxy) is 2. The van der Waals surface area contributed by atoms with E-state index in [0.717, 1.165) is 22.2 Å². The minimum absolute atomic E-state index is 0.285. The highest BCUT2D eigenvalue weighted by Crippen LogP contribution is 2.33. The highest BCUT2D eigenvalue weighted by Gasteiger charge is 2.12. The lowest BCUT2D eigenvalue weighted by molar-refractivity contribution is 0.355. The highest BCUT2D eigenvalue weighted by atomic mass is 19.1. The van der Waals surface area contributed by atoms with Crippen LogP contribution >= 0.6 is 0 Å². The van der Waals surface area contributed by atoms with Crippen molar-refractivity contribution in [3.05, 3.63) is 47.9 Å². The molecule has 0 aliphatic rings. The van der Waals surface area contributed by atoms with E-state index in [4.69, 9.17) is 9.47 Å². The molecule has 0 saturated heterocycles. The van der Waals surface area contributed by atoms with Crippen LogP contribution in [0.2, 0.25) is 0 Å². The third-order valence-corrected chi connectivity index (χ3v) is 3.49. The van der Waals surface area contributed by atoms with Gasteiger partial charge in [0.15, 0.2) is 17.3 Å². The molecular formula is C17H15FN2O2. The van der Waals surface area contributed by atoms with Gasteiger partial charge in [-0.05, 0) is 37.3 Å². The van der Waals surface area contributed by atoms with E-state index < -0.39 is 0 Å². The van der Waals surface area contributed by atoms with Gasteiger partial charge in [-0.25, -0.2) is 14.4 Å². The first-order valence-corrected chi connectivity index (χ1v) is 6.78. The van der Waals surface area contributed by atoms with Gasteiger partial charge in [0.25, 0.3) is 0 Å². The van der Waals surface area contributed by atoms with Crippen molar-refractivity contribution in [1.82, 2.24) is 9.97 Å². The maximum absolute atomic E-state index is 13.0. The van der Waals surface area contributed by atoms with E-state index in [2.05, 4.69) is 9.97 Å². The lowest BCUT2D eigenvalue weighted by atomic mass is 10.1. The maximum Gasteiger partial charge on any atom is 0.162 e. The number of benzene rings is 2. The predicted octanol–water partition coefficient (Wildman–Crippen LogP) is 3.76. The van der Waals surface area contributed by atoms with Crippen molar-refractivity contribution >= 4 is 10.9 Å². The van der Waals surface area contributed by atoms with Crippen LogP contribution in [0.3, 0.4) is 0 Å². The third-order valence-electron chi connectivity index (χ3n) is 3.49. The summed E-state index contributed by atoms with van der Waals surface area (Å²) in [6.45, 7) is 1.91. The van der Waals surface area contributed by atoms with Crippen molar-refractivity contribution in [3.8, 4) is 22.9 Å². The SMILES string of the molecule is COc1cc2nc(-c3ccc(F)cc3)nc(C)c2cc1OC. The quantitative estimate of drug-likeness (QED) is 0.738. The van der Waals surface area contributed by atoms with Crippen molar-refractivity contribution in [3.63, 3.8) is 0 Å². The van der Waals surface area contributed by atoms with Gasteiger partial charge in [-0.15, -0.1) is 0 Å². The van der Waals surface area contributed by atoms with Crippen molar-refractivity contribution in [2.24, 2.45) is 0 Å². The van der Waals surface area contributed by atoms with Crippen LogP contribution in [0.4, 0.5) is 4.39 Å². The van der Waals surface area contributed by atoms with Crippen LogP contribution in [-0.4, -0.2) is 24.2 Å². The molecule has 0 amide bonds. The fraction of sp³-hybridized carbons (Fsp3) is 0.176. The van der Waals surface area contributed by atoms with Crippen molar-refractivity contribution < 1.29 is 13.9 Å². The Morgan fingerprint density at radius 3 is 2.18 bits per heavy atom. The van der Waals surface area contributed by atoms with E-state index in [0.29, 0.717) is 17.3 Å². The van der Waals surface area contributed by atoms with Crippen molar-refractivity contribution in [2.45, 2.75) is 6.92 Å². The first-order valence-electron chi connectivity index (χ1n) is 6.78. The highest BCUT2D eigenvalue weighted by molar-refractivity contribution is 5.86. The summed E-state index contributed by atoms with van der Waals surface area (Å²) in [5.74, 6) is 1.51. The maximum atomic E-state index is 13.0. The molecular weight excluding hydrogens is 283 g/mol. The van der Waals surface area contributed by atoms with Gasteiger partial charge in [-0.3, -0.25) is 0 Å². The third kappa shape index (κ3) is 2.45. The van der Waals surface area contributed by atoms with E-state index in [-0.39, 0.29) is 5.82 Å². The van der Waals surface area contributed by atoms with Gasteiger partial charge in [0.05, 0.1) is 19.7 Å². The van der Waals surface area contributed by atoms with Gasteiger partial charge in [-0.2, -0.15) is 0 Å². The number of fused-ring (bicyclic) bond motifs is 1. The smallest absolute Gasteiger partial charge is 0.162 e. The standard InChI is InChI=1S/C17H15FN2O2/c1-10-13-8-15(21-2)16(22-3)9-14(13)20-17(19-10)11-4-6-12(18)7-5-11/h4-9H,1-3H3. The van der Waals surface area contributed by atoms with Crippen LogP contribution < -0.4 is 9.47 Å². The van der Waals surface area contributed by atoms with Gasteiger partial charge in [0.2, 0.25) is 0 Å². The summed E-state index contributed by atoms with van der Waals surface area (Å²) in [5.41, 5.74) is 2.34. The molecule has 2 aromatic carbocycles. The fourth-order valence-corrected chi connectivity index (χ4v) is 2.34. The first kappa shape index (κ1) is 14.3. The van der Waals surface area contributed by atoms with Gasteiger partial charge in [-0.1, -0.05) is 0 Å². The number of halogens is 1. The molecule has 0 radical (unpaired) electrons. The van der Waals surface area contributed by atoms with Crippen LogP contribution in [0.25, 0.3) is 22.3 Å². The number of hydrogen-bond donors (Lipinski definition) is 0. The van der Waals surface area contributed by atoms with Crippen molar-refractivity contribution in [1.29, 1.82) is 0 Å². The molecule has 0 aliphatic carbocycles. The number of nitrogens with zero attached hydrogens (tertiary/aromatic N) is 2. The molecule has 22 heavy (non-hydrogen) atoms. The Kier molecular flexibility index (Phi) is 3.63. The van der Waals surface area contributed by atoms with Crippen LogP contribution in [0.15, 0.2) is 36.4 Å². The van der Waals surface area contributed by atoms with Gasteiger partial charge >= 0.3 is 0 Å². The number of methoxy groups -OCH3 is 2.